The zero-order valence-corrected chi connectivity index (χ0v) is 14.2. The maximum atomic E-state index is 12.2. The average molecular weight is 319 g/mol. The van der Waals surface area contributed by atoms with Gasteiger partial charge in [-0.3, -0.25) is 0 Å². The summed E-state index contributed by atoms with van der Waals surface area (Å²) >= 11 is 1.47. The third-order valence-corrected chi connectivity index (χ3v) is 5.79. The molecule has 0 fully saturated rings. The van der Waals surface area contributed by atoms with Gasteiger partial charge in [-0.15, -0.1) is 11.3 Å². The molecule has 0 aliphatic rings. The fourth-order valence-corrected chi connectivity index (χ4v) is 4.60. The summed E-state index contributed by atoms with van der Waals surface area (Å²) in [7, 11) is -1.52. The summed E-state index contributed by atoms with van der Waals surface area (Å²) in [6, 6.07) is 1.73. The Hall–Kier alpha value is -0.430. The lowest BCUT2D eigenvalue weighted by molar-refractivity contribution is 0.522. The van der Waals surface area contributed by atoms with Gasteiger partial charge in [-0.25, -0.2) is 13.1 Å². The first-order chi connectivity index (χ1) is 9.49. The molecule has 0 aromatic carbocycles. The quantitative estimate of drug-likeness (QED) is 0.652. The first kappa shape index (κ1) is 17.6. The SMILES string of the molecule is CCCCCCC(C)NS(=O)(=O)c1csc(CNC)c1. The molecule has 1 aromatic heterocycles. The maximum Gasteiger partial charge on any atom is 0.241 e. The van der Waals surface area contributed by atoms with E-state index in [2.05, 4.69) is 17.0 Å². The molecule has 116 valence electrons. The number of hydrogen-bond donors (Lipinski definition) is 2. The van der Waals surface area contributed by atoms with E-state index in [-0.39, 0.29) is 6.04 Å². The van der Waals surface area contributed by atoms with E-state index in [0.717, 1.165) is 17.7 Å². The summed E-state index contributed by atoms with van der Waals surface area (Å²) in [4.78, 5) is 1.41. The van der Waals surface area contributed by atoms with Gasteiger partial charge in [-0.05, 0) is 26.5 Å². The van der Waals surface area contributed by atoms with Crippen molar-refractivity contribution in [2.24, 2.45) is 0 Å². The second-order valence-corrected chi connectivity index (χ2v) is 7.86. The van der Waals surface area contributed by atoms with E-state index >= 15 is 0 Å². The van der Waals surface area contributed by atoms with Crippen LogP contribution >= 0.6 is 11.3 Å². The molecular weight excluding hydrogens is 292 g/mol. The van der Waals surface area contributed by atoms with Crippen molar-refractivity contribution < 1.29 is 8.42 Å². The Labute approximate surface area is 127 Å². The van der Waals surface area contributed by atoms with Crippen molar-refractivity contribution in [1.82, 2.24) is 10.0 Å². The minimum Gasteiger partial charge on any atom is -0.315 e. The molecule has 1 rings (SSSR count). The molecule has 1 heterocycles. The van der Waals surface area contributed by atoms with Gasteiger partial charge in [-0.1, -0.05) is 32.6 Å². The van der Waals surface area contributed by atoms with Crippen LogP contribution in [0, 0.1) is 0 Å². The molecule has 0 bridgehead atoms. The van der Waals surface area contributed by atoms with Gasteiger partial charge >= 0.3 is 0 Å². The molecule has 0 aliphatic heterocycles. The van der Waals surface area contributed by atoms with Gasteiger partial charge in [0.05, 0.1) is 4.90 Å². The molecule has 1 unspecified atom stereocenters. The normalized spacial score (nSPS) is 13.6. The Morgan fingerprint density at radius 2 is 2.05 bits per heavy atom. The van der Waals surface area contributed by atoms with Crippen LogP contribution in [0.15, 0.2) is 16.3 Å². The number of hydrogen-bond acceptors (Lipinski definition) is 4. The van der Waals surface area contributed by atoms with Crippen LogP contribution in [-0.2, 0) is 16.6 Å². The topological polar surface area (TPSA) is 58.2 Å². The first-order valence-electron chi connectivity index (χ1n) is 7.24. The largest absolute Gasteiger partial charge is 0.315 e. The number of thiophene rings is 1. The zero-order chi connectivity index (χ0) is 15.0. The lowest BCUT2D eigenvalue weighted by Crippen LogP contribution is -2.32. The summed E-state index contributed by atoms with van der Waals surface area (Å²) in [5, 5.41) is 4.73. The maximum absolute atomic E-state index is 12.2. The molecule has 4 nitrogen and oxygen atoms in total. The molecule has 0 radical (unpaired) electrons. The molecule has 2 N–H and O–H groups in total. The number of nitrogens with one attached hydrogen (secondary N) is 2. The Kier molecular flexibility index (Phi) is 7.72. The Morgan fingerprint density at radius 1 is 1.30 bits per heavy atom. The number of rotatable bonds is 10. The van der Waals surface area contributed by atoms with Gasteiger partial charge in [0.15, 0.2) is 0 Å². The second kappa shape index (κ2) is 8.77. The van der Waals surface area contributed by atoms with E-state index in [9.17, 15) is 8.42 Å². The predicted molar refractivity (Wildman–Crippen MR) is 85.6 cm³/mol. The molecule has 1 aromatic rings. The highest BCUT2D eigenvalue weighted by atomic mass is 32.2. The van der Waals surface area contributed by atoms with Crippen molar-refractivity contribution in [1.29, 1.82) is 0 Å². The van der Waals surface area contributed by atoms with Gasteiger partial charge in [0, 0.05) is 22.8 Å². The third-order valence-electron chi connectivity index (χ3n) is 3.14. The van der Waals surface area contributed by atoms with Crippen LogP contribution in [0.3, 0.4) is 0 Å². The Morgan fingerprint density at radius 3 is 2.70 bits per heavy atom. The summed E-state index contributed by atoms with van der Waals surface area (Å²) in [6.45, 7) is 4.81. The van der Waals surface area contributed by atoms with Gasteiger partial charge in [0.25, 0.3) is 0 Å². The first-order valence-corrected chi connectivity index (χ1v) is 9.60. The second-order valence-electron chi connectivity index (χ2n) is 5.15. The van der Waals surface area contributed by atoms with Crippen molar-refractivity contribution in [2.75, 3.05) is 7.05 Å². The average Bonchev–Trinajstić information content (AvgIpc) is 2.84. The van der Waals surface area contributed by atoms with Gasteiger partial charge in [0.1, 0.15) is 0 Å². The van der Waals surface area contributed by atoms with Gasteiger partial charge in [-0.2, -0.15) is 0 Å². The van der Waals surface area contributed by atoms with Crippen molar-refractivity contribution in [3.05, 3.63) is 16.3 Å². The number of sulfonamides is 1. The molecule has 20 heavy (non-hydrogen) atoms. The fraction of sp³-hybridized carbons (Fsp3) is 0.714. The highest BCUT2D eigenvalue weighted by molar-refractivity contribution is 7.89. The Balaban J connectivity index is 2.50. The minimum atomic E-state index is -3.37. The van der Waals surface area contributed by atoms with E-state index in [4.69, 9.17) is 0 Å². The van der Waals surface area contributed by atoms with Gasteiger partial charge < -0.3 is 5.32 Å². The van der Waals surface area contributed by atoms with Crippen molar-refractivity contribution in [2.45, 2.75) is 63.4 Å². The summed E-state index contributed by atoms with van der Waals surface area (Å²) in [6.07, 6.45) is 5.56. The van der Waals surface area contributed by atoms with E-state index in [1.54, 1.807) is 11.4 Å². The predicted octanol–water partition coefficient (Wildman–Crippen LogP) is 3.10. The van der Waals surface area contributed by atoms with Crippen LogP contribution < -0.4 is 10.0 Å². The van der Waals surface area contributed by atoms with Crippen LogP contribution in [-0.4, -0.2) is 21.5 Å². The van der Waals surface area contributed by atoms with E-state index in [0.29, 0.717) is 11.4 Å². The molecule has 0 saturated carbocycles. The van der Waals surface area contributed by atoms with Crippen LogP contribution in [0.25, 0.3) is 0 Å². The highest BCUT2D eigenvalue weighted by Crippen LogP contribution is 2.19. The van der Waals surface area contributed by atoms with Crippen molar-refractivity contribution in [3.8, 4) is 0 Å². The smallest absolute Gasteiger partial charge is 0.241 e. The van der Waals surface area contributed by atoms with Crippen molar-refractivity contribution in [3.63, 3.8) is 0 Å². The summed E-state index contributed by atoms with van der Waals surface area (Å²) in [5.74, 6) is 0. The van der Waals surface area contributed by atoms with E-state index in [1.807, 2.05) is 14.0 Å². The number of unbranched alkanes of at least 4 members (excludes halogenated alkanes) is 3. The monoisotopic (exact) mass is 318 g/mol. The lowest BCUT2D eigenvalue weighted by Gasteiger charge is -2.13. The fourth-order valence-electron chi connectivity index (χ4n) is 2.04. The lowest BCUT2D eigenvalue weighted by atomic mass is 10.1. The minimum absolute atomic E-state index is 0.00972. The molecule has 0 aliphatic carbocycles. The molecule has 0 saturated heterocycles. The Bertz CT molecular complexity index is 483. The molecular formula is C14H26N2O2S2. The highest BCUT2D eigenvalue weighted by Gasteiger charge is 2.18. The standard InChI is InChI=1S/C14H26N2O2S2/c1-4-5-6-7-8-12(2)16-20(17,18)14-9-13(10-15-3)19-11-14/h9,11-12,15-16H,4-8,10H2,1-3H3. The van der Waals surface area contributed by atoms with Crippen LogP contribution in [0.2, 0.25) is 0 Å². The molecule has 6 heteroatoms. The molecule has 0 spiro atoms. The third kappa shape index (κ3) is 5.91. The molecule has 1 atom stereocenters. The van der Waals surface area contributed by atoms with E-state index < -0.39 is 10.0 Å². The van der Waals surface area contributed by atoms with Crippen LogP contribution in [0.4, 0.5) is 0 Å². The van der Waals surface area contributed by atoms with Crippen molar-refractivity contribution >= 4 is 21.4 Å². The van der Waals surface area contributed by atoms with Crippen LogP contribution in [0.5, 0.6) is 0 Å². The summed E-state index contributed by atoms with van der Waals surface area (Å²) < 4.78 is 27.2. The zero-order valence-electron chi connectivity index (χ0n) is 12.6. The summed E-state index contributed by atoms with van der Waals surface area (Å²) in [5.41, 5.74) is 0. The molecule has 0 amide bonds. The van der Waals surface area contributed by atoms with Gasteiger partial charge in [0.2, 0.25) is 10.0 Å². The van der Waals surface area contributed by atoms with E-state index in [1.165, 1.54) is 30.6 Å². The van der Waals surface area contributed by atoms with Crippen LogP contribution in [0.1, 0.15) is 50.8 Å².